The molecule has 0 heterocycles. The standard InChI is InChI=1S/C18H10F12N2O4S/c19-14(20,21)10-7-4-8-11(12(10)32-13(33)31-9-5-2-1-3-6-9)36-37(34,35)18(29,30)16(24,25)15(22,23)17(26,27)28/h1-8H,(H2,31,32,33). The zero-order chi connectivity index (χ0) is 28.7. The zero-order valence-electron chi connectivity index (χ0n) is 17.2. The number of para-hydroxylation sites is 2. The number of hydrogen-bond acceptors (Lipinski definition) is 4. The van der Waals surface area contributed by atoms with Gasteiger partial charge in [0.2, 0.25) is 0 Å². The Morgan fingerprint density at radius 2 is 1.24 bits per heavy atom. The molecule has 0 aliphatic heterocycles. The lowest BCUT2D eigenvalue weighted by Crippen LogP contribution is -2.63. The van der Waals surface area contributed by atoms with Crippen LogP contribution in [0.1, 0.15) is 5.56 Å². The molecule has 0 aliphatic rings. The Balaban J connectivity index is 2.56. The van der Waals surface area contributed by atoms with Gasteiger partial charge in [0.1, 0.15) is 0 Å². The number of carbonyl (C=O) groups excluding carboxylic acids is 1. The minimum atomic E-state index is -7.70. The van der Waals surface area contributed by atoms with Gasteiger partial charge >= 0.3 is 45.6 Å². The van der Waals surface area contributed by atoms with Gasteiger partial charge in [-0.05, 0) is 24.3 Å². The molecule has 0 atom stereocenters. The van der Waals surface area contributed by atoms with Crippen molar-refractivity contribution in [1.82, 2.24) is 0 Å². The molecule has 0 fully saturated rings. The van der Waals surface area contributed by atoms with E-state index in [2.05, 4.69) is 4.18 Å². The second kappa shape index (κ2) is 9.49. The second-order valence-corrected chi connectivity index (χ2v) is 8.41. The quantitative estimate of drug-likeness (QED) is 0.291. The van der Waals surface area contributed by atoms with Crippen molar-refractivity contribution in [2.24, 2.45) is 0 Å². The third-order valence-electron chi connectivity index (χ3n) is 4.23. The fraction of sp³-hybridized carbons (Fsp3) is 0.278. The van der Waals surface area contributed by atoms with Gasteiger partial charge in [0.05, 0.1) is 11.3 Å². The molecule has 0 aromatic heterocycles. The van der Waals surface area contributed by atoms with Gasteiger partial charge in [-0.15, -0.1) is 0 Å². The fourth-order valence-corrected chi connectivity index (χ4v) is 3.37. The van der Waals surface area contributed by atoms with E-state index in [1.807, 2.05) is 5.32 Å². The van der Waals surface area contributed by atoms with Crippen LogP contribution in [0.2, 0.25) is 0 Å². The van der Waals surface area contributed by atoms with Crippen LogP contribution in [0.25, 0.3) is 0 Å². The molecule has 0 aliphatic carbocycles. The summed E-state index contributed by atoms with van der Waals surface area (Å²) in [6.07, 6.45) is -12.9. The molecule has 0 bridgehead atoms. The van der Waals surface area contributed by atoms with Crippen LogP contribution in [-0.4, -0.2) is 37.7 Å². The predicted molar refractivity (Wildman–Crippen MR) is 101 cm³/mol. The van der Waals surface area contributed by atoms with Crippen LogP contribution in [-0.2, 0) is 16.3 Å². The lowest BCUT2D eigenvalue weighted by atomic mass is 10.1. The van der Waals surface area contributed by atoms with E-state index in [1.165, 1.54) is 35.6 Å². The number of amides is 2. The summed E-state index contributed by atoms with van der Waals surface area (Å²) >= 11 is 0. The summed E-state index contributed by atoms with van der Waals surface area (Å²) in [5.74, 6) is -17.3. The number of halogens is 12. The maximum atomic E-state index is 13.9. The molecule has 2 aromatic rings. The summed E-state index contributed by atoms with van der Waals surface area (Å²) < 4.78 is 185. The van der Waals surface area contributed by atoms with Crippen LogP contribution in [0.3, 0.4) is 0 Å². The van der Waals surface area contributed by atoms with Crippen LogP contribution in [0, 0.1) is 0 Å². The van der Waals surface area contributed by atoms with E-state index in [1.54, 1.807) is 0 Å². The van der Waals surface area contributed by atoms with Gasteiger partial charge in [-0.1, -0.05) is 24.3 Å². The van der Waals surface area contributed by atoms with Crippen molar-refractivity contribution in [3.8, 4) is 5.75 Å². The molecule has 0 radical (unpaired) electrons. The van der Waals surface area contributed by atoms with Crippen molar-refractivity contribution in [3.05, 3.63) is 54.1 Å². The molecule has 0 spiro atoms. The Bertz CT molecular complexity index is 1250. The van der Waals surface area contributed by atoms with Crippen LogP contribution >= 0.6 is 0 Å². The first-order valence-electron chi connectivity index (χ1n) is 9.03. The highest BCUT2D eigenvalue weighted by molar-refractivity contribution is 7.88. The molecule has 6 nitrogen and oxygen atoms in total. The third kappa shape index (κ3) is 5.64. The monoisotopic (exact) mass is 578 g/mol. The molecule has 2 aromatic carbocycles. The smallest absolute Gasteiger partial charge is 0.376 e. The molecule has 2 amide bonds. The van der Waals surface area contributed by atoms with Crippen LogP contribution in [0.5, 0.6) is 5.75 Å². The SMILES string of the molecule is O=C(Nc1ccccc1)Nc1c(OS(=O)(=O)C(F)(F)C(F)(F)C(F)(F)C(F)(F)F)cccc1C(F)(F)F. The molecule has 2 rings (SSSR count). The Kier molecular flexibility index (Phi) is 7.66. The molecular weight excluding hydrogens is 568 g/mol. The second-order valence-electron chi connectivity index (χ2n) is 6.82. The zero-order valence-corrected chi connectivity index (χ0v) is 18.0. The first-order chi connectivity index (χ1) is 16.6. The number of hydrogen-bond donors (Lipinski definition) is 2. The van der Waals surface area contributed by atoms with Crippen molar-refractivity contribution >= 4 is 27.5 Å². The molecule has 0 saturated carbocycles. The first kappa shape index (κ1) is 29.8. The summed E-state index contributed by atoms with van der Waals surface area (Å²) in [7, 11) is -7.60. The highest BCUT2D eigenvalue weighted by Crippen LogP contribution is 2.55. The number of carbonyl (C=O) groups is 1. The third-order valence-corrected chi connectivity index (χ3v) is 5.51. The fourth-order valence-electron chi connectivity index (χ4n) is 2.45. The number of rotatable bonds is 7. The number of nitrogens with one attached hydrogen (secondary N) is 2. The topological polar surface area (TPSA) is 84.5 Å². The van der Waals surface area contributed by atoms with Crippen LogP contribution in [0.4, 0.5) is 68.9 Å². The first-order valence-corrected chi connectivity index (χ1v) is 10.4. The van der Waals surface area contributed by atoms with E-state index in [0.717, 1.165) is 0 Å². The highest BCUT2D eigenvalue weighted by atomic mass is 32.2. The van der Waals surface area contributed by atoms with Crippen molar-refractivity contribution in [2.75, 3.05) is 10.6 Å². The number of alkyl halides is 12. The van der Waals surface area contributed by atoms with E-state index in [-0.39, 0.29) is 23.9 Å². The largest absolute Gasteiger partial charge is 0.460 e. The lowest BCUT2D eigenvalue weighted by Gasteiger charge is -2.32. The number of benzene rings is 2. The maximum Gasteiger partial charge on any atom is 0.460 e. The molecule has 0 unspecified atom stereocenters. The molecule has 19 heteroatoms. The normalized spacial score (nSPS) is 13.7. The van der Waals surface area contributed by atoms with Gasteiger partial charge in [0, 0.05) is 5.69 Å². The summed E-state index contributed by atoms with van der Waals surface area (Å²) in [5.41, 5.74) is -3.85. The van der Waals surface area contributed by atoms with Gasteiger partial charge in [0.25, 0.3) is 0 Å². The van der Waals surface area contributed by atoms with Crippen molar-refractivity contribution < 1.29 is 70.1 Å². The Hall–Kier alpha value is -3.38. The van der Waals surface area contributed by atoms with Crippen LogP contribution in [0.15, 0.2) is 48.5 Å². The van der Waals surface area contributed by atoms with E-state index in [9.17, 15) is 65.9 Å². The molecule has 206 valence electrons. The van der Waals surface area contributed by atoms with Gasteiger partial charge < -0.3 is 14.8 Å². The van der Waals surface area contributed by atoms with E-state index in [0.29, 0.717) is 0 Å². The van der Waals surface area contributed by atoms with E-state index in [4.69, 9.17) is 0 Å². The Labute approximate surface area is 198 Å². The summed E-state index contributed by atoms with van der Waals surface area (Å²) in [6, 6.07) is 5.49. The summed E-state index contributed by atoms with van der Waals surface area (Å²) in [6.45, 7) is 0. The average molecular weight is 578 g/mol. The van der Waals surface area contributed by atoms with E-state index >= 15 is 0 Å². The number of urea groups is 1. The Morgan fingerprint density at radius 1 is 0.703 bits per heavy atom. The van der Waals surface area contributed by atoms with Gasteiger partial charge in [-0.3, -0.25) is 0 Å². The van der Waals surface area contributed by atoms with Crippen molar-refractivity contribution in [3.63, 3.8) is 0 Å². The highest BCUT2D eigenvalue weighted by Gasteiger charge is 2.86. The van der Waals surface area contributed by atoms with Gasteiger partial charge in [0.15, 0.2) is 5.75 Å². The Morgan fingerprint density at radius 3 is 1.73 bits per heavy atom. The molecule has 37 heavy (non-hydrogen) atoms. The van der Waals surface area contributed by atoms with E-state index < -0.39 is 62.6 Å². The minimum Gasteiger partial charge on any atom is -0.376 e. The van der Waals surface area contributed by atoms with Crippen LogP contribution < -0.4 is 14.8 Å². The average Bonchev–Trinajstić information content (AvgIpc) is 2.73. The van der Waals surface area contributed by atoms with Crippen molar-refractivity contribution in [2.45, 2.75) is 29.5 Å². The van der Waals surface area contributed by atoms with Gasteiger partial charge in [-0.25, -0.2) is 4.79 Å². The number of anilines is 2. The predicted octanol–water partition coefficient (Wildman–Crippen LogP) is 6.48. The van der Waals surface area contributed by atoms with Crippen molar-refractivity contribution in [1.29, 1.82) is 0 Å². The molecule has 0 saturated heterocycles. The maximum absolute atomic E-state index is 13.9. The lowest BCUT2D eigenvalue weighted by molar-refractivity contribution is -0.382. The summed E-state index contributed by atoms with van der Waals surface area (Å²) in [4.78, 5) is 12.1. The minimum absolute atomic E-state index is 0.0693. The summed E-state index contributed by atoms with van der Waals surface area (Å²) in [5, 5.41) is -4.03. The van der Waals surface area contributed by atoms with Gasteiger partial charge in [-0.2, -0.15) is 61.1 Å². The molecular formula is C18H10F12N2O4S. The molecule has 2 N–H and O–H groups in total.